The lowest BCUT2D eigenvalue weighted by Gasteiger charge is -2.04. The lowest BCUT2D eigenvalue weighted by Crippen LogP contribution is -2.16. The van der Waals surface area contributed by atoms with E-state index in [0.29, 0.717) is 13.2 Å². The number of benzene rings is 1. The number of hydrogen-bond acceptors (Lipinski definition) is 5. The van der Waals surface area contributed by atoms with E-state index in [2.05, 4.69) is 26.5 Å². The predicted molar refractivity (Wildman–Crippen MR) is 72.8 cm³/mol. The van der Waals surface area contributed by atoms with E-state index in [1.54, 1.807) is 14.0 Å². The zero-order valence-corrected chi connectivity index (χ0v) is 11.9. The van der Waals surface area contributed by atoms with Crippen molar-refractivity contribution in [2.24, 2.45) is 5.10 Å². The highest BCUT2D eigenvalue weighted by Gasteiger charge is 2.07. The summed E-state index contributed by atoms with van der Waals surface area (Å²) in [4.78, 5) is 11.2. The molecule has 0 radical (unpaired) electrons. The van der Waals surface area contributed by atoms with E-state index >= 15 is 0 Å². The van der Waals surface area contributed by atoms with Gasteiger partial charge in [0.25, 0.3) is 0 Å². The Bertz CT molecular complexity index is 418. The Morgan fingerprint density at radius 1 is 1.39 bits per heavy atom. The van der Waals surface area contributed by atoms with Crippen LogP contribution in [-0.2, 0) is 16.1 Å². The Morgan fingerprint density at radius 2 is 2.06 bits per heavy atom. The maximum absolute atomic E-state index is 11.2. The van der Waals surface area contributed by atoms with E-state index in [1.165, 1.54) is 0 Å². The second-order valence-electron chi connectivity index (χ2n) is 3.31. The van der Waals surface area contributed by atoms with E-state index < -0.39 is 5.97 Å². The lowest BCUT2D eigenvalue weighted by atomic mass is 10.2. The zero-order chi connectivity index (χ0) is 13.4. The number of carbonyl (C=O) groups excluding carboxylic acids is 1. The van der Waals surface area contributed by atoms with Crippen LogP contribution in [0.25, 0.3) is 0 Å². The fourth-order valence-corrected chi connectivity index (χ4v) is 1.42. The molecule has 1 N–H and O–H groups in total. The number of nitrogens with one attached hydrogen (secondary N) is 1. The topological polar surface area (TPSA) is 59.9 Å². The van der Waals surface area contributed by atoms with Crippen LogP contribution in [0.15, 0.2) is 29.4 Å². The molecule has 0 spiro atoms. The highest BCUT2D eigenvalue weighted by Crippen LogP contribution is 2.10. The van der Waals surface area contributed by atoms with Gasteiger partial charge >= 0.3 is 5.97 Å². The average molecular weight is 315 g/mol. The first kappa shape index (κ1) is 14.5. The molecule has 0 fully saturated rings. The first-order chi connectivity index (χ1) is 8.67. The van der Waals surface area contributed by atoms with Gasteiger partial charge in [-0.2, -0.15) is 5.10 Å². The Balaban J connectivity index is 2.44. The summed E-state index contributed by atoms with van der Waals surface area (Å²) < 4.78 is 9.94. The molecule has 0 aliphatic heterocycles. The van der Waals surface area contributed by atoms with Crippen LogP contribution in [-0.4, -0.2) is 24.3 Å². The molecule has 98 valence electrons. The number of rotatable bonds is 6. The van der Waals surface area contributed by atoms with Gasteiger partial charge in [-0.15, -0.1) is 0 Å². The molecular formula is C12H15BrN2O3. The van der Waals surface area contributed by atoms with E-state index in [1.807, 2.05) is 24.3 Å². The summed E-state index contributed by atoms with van der Waals surface area (Å²) in [6.07, 6.45) is 0. The Labute approximate surface area is 114 Å². The third-order valence-electron chi connectivity index (χ3n) is 2.06. The maximum atomic E-state index is 11.2. The number of halogens is 1. The molecule has 0 amide bonds. The van der Waals surface area contributed by atoms with Crippen LogP contribution >= 0.6 is 15.9 Å². The molecule has 6 heteroatoms. The zero-order valence-electron chi connectivity index (χ0n) is 10.3. The van der Waals surface area contributed by atoms with E-state index in [0.717, 1.165) is 11.3 Å². The monoisotopic (exact) mass is 314 g/mol. The second-order valence-corrected chi connectivity index (χ2v) is 4.06. The molecule has 18 heavy (non-hydrogen) atoms. The van der Waals surface area contributed by atoms with Crippen LogP contribution in [0.4, 0.5) is 0 Å². The fourth-order valence-electron chi connectivity index (χ4n) is 1.18. The number of ether oxygens (including phenoxy) is 2. The van der Waals surface area contributed by atoms with Gasteiger partial charge in [0.15, 0.2) is 0 Å². The minimum atomic E-state index is -0.486. The summed E-state index contributed by atoms with van der Waals surface area (Å²) in [6, 6.07) is 7.56. The van der Waals surface area contributed by atoms with Crippen molar-refractivity contribution >= 4 is 26.5 Å². The number of esters is 1. The molecule has 0 bridgehead atoms. The van der Waals surface area contributed by atoms with Crippen molar-refractivity contribution in [2.45, 2.75) is 13.5 Å². The van der Waals surface area contributed by atoms with Crippen LogP contribution in [0, 0.1) is 0 Å². The molecule has 1 aromatic carbocycles. The molecule has 0 aliphatic rings. The molecule has 0 unspecified atom stereocenters. The third-order valence-corrected chi connectivity index (χ3v) is 2.56. The SMILES string of the molecule is CCOC(=O)C(Br)=NNCc1ccc(OC)cc1. The second kappa shape index (κ2) is 7.71. The maximum Gasteiger partial charge on any atom is 0.366 e. The number of hydrazone groups is 1. The fraction of sp³-hybridized carbons (Fsp3) is 0.333. The van der Waals surface area contributed by atoms with Crippen molar-refractivity contribution in [3.05, 3.63) is 29.8 Å². The first-order valence-corrected chi connectivity index (χ1v) is 6.22. The van der Waals surface area contributed by atoms with Crippen LogP contribution in [0.5, 0.6) is 5.75 Å². The molecule has 1 aromatic rings. The molecule has 0 saturated heterocycles. The van der Waals surface area contributed by atoms with Crippen molar-refractivity contribution in [1.82, 2.24) is 5.43 Å². The van der Waals surface area contributed by atoms with Gasteiger partial charge in [0.05, 0.1) is 20.3 Å². The summed E-state index contributed by atoms with van der Waals surface area (Å²) >= 11 is 3.03. The summed E-state index contributed by atoms with van der Waals surface area (Å²) in [5, 5.41) is 3.86. The van der Waals surface area contributed by atoms with Crippen LogP contribution in [0.3, 0.4) is 0 Å². The van der Waals surface area contributed by atoms with Gasteiger partial charge in [0.2, 0.25) is 4.62 Å². The molecule has 1 rings (SSSR count). The van der Waals surface area contributed by atoms with Gasteiger partial charge in [-0.3, -0.25) is 0 Å². The quantitative estimate of drug-likeness (QED) is 0.496. The standard InChI is InChI=1S/C12H15BrN2O3/c1-3-18-12(16)11(13)15-14-8-9-4-6-10(17-2)7-5-9/h4-7,14H,3,8H2,1-2H3. The van der Waals surface area contributed by atoms with Crippen LogP contribution in [0.2, 0.25) is 0 Å². The van der Waals surface area contributed by atoms with Gasteiger partial charge < -0.3 is 14.9 Å². The first-order valence-electron chi connectivity index (χ1n) is 5.43. The van der Waals surface area contributed by atoms with Gasteiger partial charge in [-0.25, -0.2) is 4.79 Å². The molecule has 0 saturated carbocycles. The van der Waals surface area contributed by atoms with Crippen LogP contribution < -0.4 is 10.2 Å². The third kappa shape index (κ3) is 4.75. The molecule has 0 heterocycles. The van der Waals surface area contributed by atoms with Crippen molar-refractivity contribution in [1.29, 1.82) is 0 Å². The van der Waals surface area contributed by atoms with Crippen molar-refractivity contribution < 1.29 is 14.3 Å². The Hall–Kier alpha value is -1.56. The summed E-state index contributed by atoms with van der Waals surface area (Å²) in [5.41, 5.74) is 3.81. The number of hydrogen-bond donors (Lipinski definition) is 1. The number of nitrogens with zero attached hydrogens (tertiary/aromatic N) is 1. The van der Waals surface area contributed by atoms with Gasteiger partial charge in [-0.1, -0.05) is 12.1 Å². The minimum absolute atomic E-state index is 0.123. The largest absolute Gasteiger partial charge is 0.497 e. The predicted octanol–water partition coefficient (Wildman–Crippen LogP) is 2.06. The molecule has 0 aromatic heterocycles. The molecular weight excluding hydrogens is 300 g/mol. The molecule has 0 aliphatic carbocycles. The normalized spacial score (nSPS) is 10.9. The molecule has 0 atom stereocenters. The Kier molecular flexibility index (Phi) is 6.21. The van der Waals surface area contributed by atoms with E-state index in [9.17, 15) is 4.79 Å². The highest BCUT2D eigenvalue weighted by molar-refractivity contribution is 9.19. The van der Waals surface area contributed by atoms with Crippen molar-refractivity contribution in [3.8, 4) is 5.75 Å². The number of carbonyl (C=O) groups is 1. The summed E-state index contributed by atoms with van der Waals surface area (Å²) in [7, 11) is 1.62. The average Bonchev–Trinajstić information content (AvgIpc) is 2.39. The van der Waals surface area contributed by atoms with Gasteiger partial charge in [0, 0.05) is 0 Å². The highest BCUT2D eigenvalue weighted by atomic mass is 79.9. The van der Waals surface area contributed by atoms with Gasteiger partial charge in [0.1, 0.15) is 5.75 Å². The smallest absolute Gasteiger partial charge is 0.366 e. The van der Waals surface area contributed by atoms with Crippen molar-refractivity contribution in [3.63, 3.8) is 0 Å². The van der Waals surface area contributed by atoms with Crippen LogP contribution in [0.1, 0.15) is 12.5 Å². The Morgan fingerprint density at radius 3 is 2.61 bits per heavy atom. The van der Waals surface area contributed by atoms with Gasteiger partial charge in [-0.05, 0) is 40.5 Å². The minimum Gasteiger partial charge on any atom is -0.497 e. The van der Waals surface area contributed by atoms with Crippen molar-refractivity contribution in [2.75, 3.05) is 13.7 Å². The number of methoxy groups -OCH3 is 1. The summed E-state index contributed by atoms with van der Waals surface area (Å²) in [6.45, 7) is 2.57. The summed E-state index contributed by atoms with van der Waals surface area (Å²) in [5.74, 6) is 0.315. The molecule has 5 nitrogen and oxygen atoms in total. The lowest BCUT2D eigenvalue weighted by molar-refractivity contribution is -0.134. The van der Waals surface area contributed by atoms with E-state index in [4.69, 9.17) is 9.47 Å². The van der Waals surface area contributed by atoms with E-state index in [-0.39, 0.29) is 4.62 Å².